The molecule has 0 nitrogen and oxygen atoms in total. The molecule has 9 aromatic carbocycles. The summed E-state index contributed by atoms with van der Waals surface area (Å²) in [6.45, 7) is 2.20. The molecule has 0 aliphatic carbocycles. The standard InChI is InChI=1S/C43H28S/c1-26-21-22-28(23-38(26)37-20-9-17-30(43(37)44)27-11-3-2-4-12-27)29-24-39-33-15-7-5-13-31(33)35-18-10-19-36-32-14-6-8-16-34(32)40(25-29)42(39)41(35)36/h2-25,44H,1H3. The third kappa shape index (κ3) is 3.66. The molecule has 1 heteroatoms. The molecular weight excluding hydrogens is 549 g/mol. The van der Waals surface area contributed by atoms with Crippen LogP contribution >= 0.6 is 12.6 Å². The Morgan fingerprint density at radius 2 is 0.841 bits per heavy atom. The molecule has 0 saturated carbocycles. The minimum atomic E-state index is 1.01. The minimum absolute atomic E-state index is 1.01. The molecule has 0 bridgehead atoms. The van der Waals surface area contributed by atoms with Gasteiger partial charge < -0.3 is 0 Å². The second kappa shape index (κ2) is 9.71. The number of hydrogen-bond acceptors (Lipinski definition) is 1. The monoisotopic (exact) mass is 576 g/mol. The van der Waals surface area contributed by atoms with Crippen LogP contribution in [0.15, 0.2) is 150 Å². The first-order valence-electron chi connectivity index (χ1n) is 15.2. The van der Waals surface area contributed by atoms with Gasteiger partial charge in [-0.2, -0.15) is 0 Å². The number of thiol groups is 1. The molecule has 44 heavy (non-hydrogen) atoms. The van der Waals surface area contributed by atoms with Crippen LogP contribution in [0.25, 0.3) is 87.2 Å². The summed E-state index contributed by atoms with van der Waals surface area (Å²) in [4.78, 5) is 1.01. The van der Waals surface area contributed by atoms with E-state index in [1.165, 1.54) is 81.7 Å². The Bertz CT molecular complexity index is 2450. The molecule has 0 N–H and O–H groups in total. The van der Waals surface area contributed by atoms with Gasteiger partial charge in [-0.15, -0.1) is 12.6 Å². The molecule has 0 aliphatic heterocycles. The molecular formula is C43H28S. The Morgan fingerprint density at radius 1 is 0.341 bits per heavy atom. The summed E-state index contributed by atoms with van der Waals surface area (Å²) in [7, 11) is 0. The van der Waals surface area contributed by atoms with Crippen molar-refractivity contribution in [2.24, 2.45) is 0 Å². The van der Waals surface area contributed by atoms with E-state index in [1.807, 2.05) is 0 Å². The fraction of sp³-hybridized carbons (Fsp3) is 0.0233. The van der Waals surface area contributed by atoms with Crippen molar-refractivity contribution in [3.8, 4) is 33.4 Å². The number of hydrogen-bond donors (Lipinski definition) is 1. The molecule has 9 rings (SSSR count). The van der Waals surface area contributed by atoms with Crippen molar-refractivity contribution in [3.63, 3.8) is 0 Å². The van der Waals surface area contributed by atoms with Crippen molar-refractivity contribution in [2.75, 3.05) is 0 Å². The SMILES string of the molecule is Cc1ccc(-c2cc3c4ccccc4c4cccc5c6ccccc6c(c2)c3c45)cc1-c1cccc(-c2ccccc2)c1S. The van der Waals surface area contributed by atoms with Gasteiger partial charge in [-0.3, -0.25) is 0 Å². The fourth-order valence-electron chi connectivity index (χ4n) is 7.38. The molecule has 9 aromatic rings. The maximum absolute atomic E-state index is 5.10. The van der Waals surface area contributed by atoms with E-state index >= 15 is 0 Å². The summed E-state index contributed by atoms with van der Waals surface area (Å²) in [6.07, 6.45) is 0. The molecule has 0 atom stereocenters. The Morgan fingerprint density at radius 3 is 1.48 bits per heavy atom. The predicted molar refractivity (Wildman–Crippen MR) is 193 cm³/mol. The van der Waals surface area contributed by atoms with Crippen molar-refractivity contribution in [1.82, 2.24) is 0 Å². The van der Waals surface area contributed by atoms with Gasteiger partial charge in [0.05, 0.1) is 0 Å². The van der Waals surface area contributed by atoms with Crippen molar-refractivity contribution in [3.05, 3.63) is 151 Å². The summed E-state index contributed by atoms with van der Waals surface area (Å²) in [5, 5.41) is 13.2. The molecule has 0 radical (unpaired) electrons. The highest BCUT2D eigenvalue weighted by molar-refractivity contribution is 7.80. The van der Waals surface area contributed by atoms with E-state index in [-0.39, 0.29) is 0 Å². The van der Waals surface area contributed by atoms with Crippen molar-refractivity contribution >= 4 is 66.5 Å². The maximum Gasteiger partial charge on any atom is 0.0197 e. The van der Waals surface area contributed by atoms with E-state index in [2.05, 4.69) is 153 Å². The Kier molecular flexibility index (Phi) is 5.60. The Hall–Kier alpha value is -5.11. The number of rotatable bonds is 3. The van der Waals surface area contributed by atoms with Crippen LogP contribution in [0.4, 0.5) is 0 Å². The fourth-order valence-corrected chi connectivity index (χ4v) is 7.78. The normalized spacial score (nSPS) is 11.9. The van der Waals surface area contributed by atoms with Gasteiger partial charge in [-0.05, 0) is 118 Å². The molecule has 0 aliphatic rings. The third-order valence-electron chi connectivity index (χ3n) is 9.45. The minimum Gasteiger partial charge on any atom is -0.142 e. The van der Waals surface area contributed by atoms with Crippen LogP contribution in [0.3, 0.4) is 0 Å². The molecule has 0 fully saturated rings. The van der Waals surface area contributed by atoms with E-state index in [9.17, 15) is 0 Å². The summed E-state index contributed by atoms with van der Waals surface area (Å²) in [6, 6.07) is 53.3. The van der Waals surface area contributed by atoms with Gasteiger partial charge in [0.15, 0.2) is 0 Å². The smallest absolute Gasteiger partial charge is 0.0197 e. The van der Waals surface area contributed by atoms with E-state index in [0.717, 1.165) is 16.0 Å². The van der Waals surface area contributed by atoms with E-state index < -0.39 is 0 Å². The van der Waals surface area contributed by atoms with Gasteiger partial charge in [0.1, 0.15) is 0 Å². The number of aryl methyl sites for hydroxylation is 1. The van der Waals surface area contributed by atoms with Crippen molar-refractivity contribution in [2.45, 2.75) is 11.8 Å². The highest BCUT2D eigenvalue weighted by Crippen LogP contribution is 2.47. The highest BCUT2D eigenvalue weighted by atomic mass is 32.1. The van der Waals surface area contributed by atoms with Crippen LogP contribution in [-0.4, -0.2) is 0 Å². The molecule has 0 unspecified atom stereocenters. The Labute approximate surface area is 262 Å². The summed E-state index contributed by atoms with van der Waals surface area (Å²) < 4.78 is 0. The van der Waals surface area contributed by atoms with Crippen LogP contribution in [0.2, 0.25) is 0 Å². The quantitative estimate of drug-likeness (QED) is 0.121. The largest absolute Gasteiger partial charge is 0.142 e. The molecule has 0 spiro atoms. The van der Waals surface area contributed by atoms with Gasteiger partial charge >= 0.3 is 0 Å². The van der Waals surface area contributed by atoms with Crippen LogP contribution in [-0.2, 0) is 0 Å². The van der Waals surface area contributed by atoms with Gasteiger partial charge in [0.2, 0.25) is 0 Å². The Balaban J connectivity index is 1.35. The van der Waals surface area contributed by atoms with Crippen LogP contribution in [0.1, 0.15) is 5.56 Å². The highest BCUT2D eigenvalue weighted by Gasteiger charge is 2.19. The molecule has 0 heterocycles. The topological polar surface area (TPSA) is 0 Å². The first kappa shape index (κ1) is 25.4. The van der Waals surface area contributed by atoms with Gasteiger partial charge in [-0.25, -0.2) is 0 Å². The second-order valence-electron chi connectivity index (χ2n) is 11.9. The van der Waals surface area contributed by atoms with Crippen molar-refractivity contribution < 1.29 is 0 Å². The van der Waals surface area contributed by atoms with E-state index in [0.29, 0.717) is 0 Å². The van der Waals surface area contributed by atoms with Crippen LogP contribution in [0.5, 0.6) is 0 Å². The summed E-state index contributed by atoms with van der Waals surface area (Å²) in [5.74, 6) is 0. The molecule has 0 saturated heterocycles. The number of benzene rings is 9. The first-order chi connectivity index (χ1) is 21.7. The summed E-state index contributed by atoms with van der Waals surface area (Å²) >= 11 is 5.10. The lowest BCUT2D eigenvalue weighted by Gasteiger charge is -2.19. The lowest BCUT2D eigenvalue weighted by atomic mass is 9.84. The summed E-state index contributed by atoms with van der Waals surface area (Å²) in [5.41, 5.74) is 8.38. The predicted octanol–water partition coefficient (Wildman–Crippen LogP) is 12.5. The maximum atomic E-state index is 5.10. The molecule has 0 amide bonds. The zero-order chi connectivity index (χ0) is 29.4. The second-order valence-corrected chi connectivity index (χ2v) is 12.3. The average Bonchev–Trinajstić information content (AvgIpc) is 3.08. The van der Waals surface area contributed by atoms with Crippen LogP contribution in [0, 0.1) is 6.92 Å². The van der Waals surface area contributed by atoms with Crippen LogP contribution < -0.4 is 0 Å². The van der Waals surface area contributed by atoms with Gasteiger partial charge in [0, 0.05) is 4.90 Å². The van der Waals surface area contributed by atoms with Gasteiger partial charge in [0.25, 0.3) is 0 Å². The average molecular weight is 577 g/mol. The zero-order valence-corrected chi connectivity index (χ0v) is 25.2. The van der Waals surface area contributed by atoms with Gasteiger partial charge in [-0.1, -0.05) is 127 Å². The van der Waals surface area contributed by atoms with Crippen molar-refractivity contribution in [1.29, 1.82) is 0 Å². The first-order valence-corrected chi connectivity index (χ1v) is 15.6. The zero-order valence-electron chi connectivity index (χ0n) is 24.3. The van der Waals surface area contributed by atoms with E-state index in [4.69, 9.17) is 12.6 Å². The van der Waals surface area contributed by atoms with E-state index in [1.54, 1.807) is 0 Å². The molecule has 206 valence electrons. The number of fused-ring (bicyclic) bond motifs is 6. The lowest BCUT2D eigenvalue weighted by Crippen LogP contribution is -1.92. The molecule has 0 aromatic heterocycles. The lowest BCUT2D eigenvalue weighted by molar-refractivity contribution is 1.39. The third-order valence-corrected chi connectivity index (χ3v) is 9.93.